The molecule has 2 fully saturated rings. The van der Waals surface area contributed by atoms with E-state index in [2.05, 4.69) is 5.32 Å². The van der Waals surface area contributed by atoms with Crippen molar-refractivity contribution in [3.05, 3.63) is 0 Å². The van der Waals surface area contributed by atoms with Gasteiger partial charge in [0.1, 0.15) is 11.1 Å². The summed E-state index contributed by atoms with van der Waals surface area (Å²) >= 11 is 0. The Balaban J connectivity index is 2.30. The Bertz CT molecular complexity index is 416. The maximum Gasteiger partial charge on any atom is 0.249 e. The normalized spacial score (nSPS) is 28.7. The highest BCUT2D eigenvalue weighted by Crippen LogP contribution is 2.46. The van der Waals surface area contributed by atoms with Gasteiger partial charge in [0, 0.05) is 20.3 Å². The summed E-state index contributed by atoms with van der Waals surface area (Å²) in [5, 5.41) is 3.05. The Morgan fingerprint density at radius 2 is 1.90 bits per heavy atom. The molecule has 2 amide bonds. The molecule has 0 bridgehead atoms. The van der Waals surface area contributed by atoms with Crippen LogP contribution in [-0.4, -0.2) is 48.1 Å². The first-order chi connectivity index (χ1) is 9.96. The zero-order valence-electron chi connectivity index (χ0n) is 13.7. The topological polar surface area (TPSA) is 58.6 Å². The highest BCUT2D eigenvalue weighted by Gasteiger charge is 2.60. The Morgan fingerprint density at radius 1 is 1.29 bits per heavy atom. The number of amides is 2. The van der Waals surface area contributed by atoms with E-state index in [4.69, 9.17) is 4.74 Å². The quantitative estimate of drug-likeness (QED) is 0.728. The fourth-order valence-electron chi connectivity index (χ4n) is 3.47. The van der Waals surface area contributed by atoms with Crippen molar-refractivity contribution >= 4 is 11.8 Å². The number of rotatable bonds is 7. The fraction of sp³-hybridized carbons (Fsp3) is 0.875. The Hall–Kier alpha value is -1.10. The molecule has 5 heteroatoms. The van der Waals surface area contributed by atoms with Crippen LogP contribution >= 0.6 is 0 Å². The molecule has 21 heavy (non-hydrogen) atoms. The third kappa shape index (κ3) is 2.56. The van der Waals surface area contributed by atoms with E-state index in [1.54, 1.807) is 7.11 Å². The lowest BCUT2D eigenvalue weighted by Gasteiger charge is -2.51. The Labute approximate surface area is 127 Å². The van der Waals surface area contributed by atoms with Gasteiger partial charge in [0.05, 0.1) is 0 Å². The number of hydrogen-bond acceptors (Lipinski definition) is 3. The average molecular weight is 296 g/mol. The second-order valence-corrected chi connectivity index (χ2v) is 6.47. The summed E-state index contributed by atoms with van der Waals surface area (Å²) in [6.07, 6.45) is 4.10. The first-order valence-electron chi connectivity index (χ1n) is 8.10. The molecule has 2 aliphatic rings. The maximum absolute atomic E-state index is 13.1. The lowest BCUT2D eigenvalue weighted by Crippen LogP contribution is -2.75. The summed E-state index contributed by atoms with van der Waals surface area (Å²) in [6, 6.07) is 0. The molecule has 0 aromatic rings. The van der Waals surface area contributed by atoms with E-state index in [0.29, 0.717) is 31.9 Å². The van der Waals surface area contributed by atoms with Crippen molar-refractivity contribution in [1.82, 2.24) is 10.2 Å². The number of carbonyl (C=O) groups excluding carboxylic acids is 2. The van der Waals surface area contributed by atoms with Crippen LogP contribution in [0.1, 0.15) is 52.9 Å². The summed E-state index contributed by atoms with van der Waals surface area (Å²) in [4.78, 5) is 27.7. The second-order valence-electron chi connectivity index (χ2n) is 6.47. The smallest absolute Gasteiger partial charge is 0.249 e. The molecule has 120 valence electrons. The molecule has 1 aliphatic carbocycles. The van der Waals surface area contributed by atoms with Crippen LogP contribution in [-0.2, 0) is 14.3 Å². The molecule has 1 heterocycles. The molecule has 1 unspecified atom stereocenters. The minimum Gasteiger partial charge on any atom is -0.385 e. The van der Waals surface area contributed by atoms with E-state index in [9.17, 15) is 9.59 Å². The molecule has 1 aliphatic heterocycles. The van der Waals surface area contributed by atoms with Gasteiger partial charge < -0.3 is 15.0 Å². The van der Waals surface area contributed by atoms with Crippen molar-refractivity contribution in [1.29, 1.82) is 0 Å². The average Bonchev–Trinajstić information content (AvgIpc) is 3.32. The van der Waals surface area contributed by atoms with Crippen LogP contribution in [0, 0.1) is 5.92 Å². The molecule has 2 rings (SSSR count). The molecule has 0 spiro atoms. The standard InChI is InChI=1S/C16H28N2O3/c1-5-16(6-2)14(20)18(10-7-11-21-4)15(3,12-8-9-12)13(19)17-16/h12H,5-11H2,1-4H3,(H,17,19). The monoisotopic (exact) mass is 296 g/mol. The van der Waals surface area contributed by atoms with Crippen LogP contribution in [0.4, 0.5) is 0 Å². The van der Waals surface area contributed by atoms with E-state index in [1.807, 2.05) is 25.7 Å². The number of nitrogens with one attached hydrogen (secondary N) is 1. The van der Waals surface area contributed by atoms with E-state index in [-0.39, 0.29) is 11.8 Å². The predicted molar refractivity (Wildman–Crippen MR) is 80.8 cm³/mol. The molecule has 1 saturated carbocycles. The van der Waals surface area contributed by atoms with Crippen molar-refractivity contribution in [3.63, 3.8) is 0 Å². The van der Waals surface area contributed by atoms with Gasteiger partial charge in [-0.05, 0) is 44.9 Å². The van der Waals surface area contributed by atoms with E-state index in [1.165, 1.54) is 0 Å². The van der Waals surface area contributed by atoms with Gasteiger partial charge in [-0.3, -0.25) is 9.59 Å². The maximum atomic E-state index is 13.1. The number of methoxy groups -OCH3 is 1. The highest BCUT2D eigenvalue weighted by atomic mass is 16.5. The zero-order valence-corrected chi connectivity index (χ0v) is 13.7. The van der Waals surface area contributed by atoms with Crippen LogP contribution in [0.15, 0.2) is 0 Å². The van der Waals surface area contributed by atoms with Gasteiger partial charge in [0.2, 0.25) is 11.8 Å². The van der Waals surface area contributed by atoms with Gasteiger partial charge in [-0.1, -0.05) is 13.8 Å². The highest BCUT2D eigenvalue weighted by molar-refractivity contribution is 6.02. The molecule has 0 radical (unpaired) electrons. The number of nitrogens with zero attached hydrogens (tertiary/aromatic N) is 1. The number of carbonyl (C=O) groups is 2. The molecule has 0 aromatic heterocycles. The van der Waals surface area contributed by atoms with Gasteiger partial charge >= 0.3 is 0 Å². The first kappa shape index (κ1) is 16.3. The van der Waals surface area contributed by atoms with Crippen molar-refractivity contribution in [2.24, 2.45) is 5.92 Å². The minimum absolute atomic E-state index is 0.0192. The van der Waals surface area contributed by atoms with E-state index >= 15 is 0 Å². The van der Waals surface area contributed by atoms with Gasteiger partial charge in [-0.25, -0.2) is 0 Å². The van der Waals surface area contributed by atoms with Crippen LogP contribution in [0.5, 0.6) is 0 Å². The Morgan fingerprint density at radius 3 is 2.38 bits per heavy atom. The molecular formula is C16H28N2O3. The lowest BCUT2D eigenvalue weighted by molar-refractivity contribution is -0.164. The van der Waals surface area contributed by atoms with Crippen LogP contribution in [0.2, 0.25) is 0 Å². The fourth-order valence-corrected chi connectivity index (χ4v) is 3.47. The van der Waals surface area contributed by atoms with Gasteiger partial charge in [-0.2, -0.15) is 0 Å². The van der Waals surface area contributed by atoms with Crippen molar-refractivity contribution in [2.75, 3.05) is 20.3 Å². The Kier molecular flexibility index (Phi) is 4.61. The third-order valence-corrected chi connectivity index (χ3v) is 5.34. The molecular weight excluding hydrogens is 268 g/mol. The summed E-state index contributed by atoms with van der Waals surface area (Å²) in [7, 11) is 1.66. The second kappa shape index (κ2) is 5.95. The zero-order chi connectivity index (χ0) is 15.7. The predicted octanol–water partition coefficient (Wildman–Crippen LogP) is 1.71. The van der Waals surface area contributed by atoms with E-state index < -0.39 is 11.1 Å². The molecule has 1 atom stereocenters. The molecule has 1 N–H and O–H groups in total. The molecule has 5 nitrogen and oxygen atoms in total. The van der Waals surface area contributed by atoms with Gasteiger partial charge in [-0.15, -0.1) is 0 Å². The van der Waals surface area contributed by atoms with Crippen molar-refractivity contribution < 1.29 is 14.3 Å². The number of hydrogen-bond donors (Lipinski definition) is 1. The molecule has 0 aromatic carbocycles. The van der Waals surface area contributed by atoms with Crippen molar-refractivity contribution in [2.45, 2.75) is 64.0 Å². The molecule has 1 saturated heterocycles. The van der Waals surface area contributed by atoms with Crippen LogP contribution in [0.3, 0.4) is 0 Å². The summed E-state index contributed by atoms with van der Waals surface area (Å²) in [5.41, 5.74) is -1.41. The third-order valence-electron chi connectivity index (χ3n) is 5.34. The minimum atomic E-state index is -0.724. The first-order valence-corrected chi connectivity index (χ1v) is 8.10. The van der Waals surface area contributed by atoms with Gasteiger partial charge in [0.25, 0.3) is 0 Å². The summed E-state index contributed by atoms with van der Waals surface area (Å²) < 4.78 is 5.11. The lowest BCUT2D eigenvalue weighted by atomic mass is 9.80. The van der Waals surface area contributed by atoms with E-state index in [0.717, 1.165) is 19.3 Å². The van der Waals surface area contributed by atoms with Crippen molar-refractivity contribution in [3.8, 4) is 0 Å². The SMILES string of the molecule is CCC1(CC)NC(=O)C(C)(C2CC2)N(CCCOC)C1=O. The summed E-state index contributed by atoms with van der Waals surface area (Å²) in [5.74, 6) is 0.402. The number of ether oxygens (including phenoxy) is 1. The van der Waals surface area contributed by atoms with Crippen LogP contribution in [0.25, 0.3) is 0 Å². The summed E-state index contributed by atoms with van der Waals surface area (Å²) in [6.45, 7) is 7.07. The van der Waals surface area contributed by atoms with Gasteiger partial charge in [0.15, 0.2) is 0 Å². The number of piperazine rings is 1. The largest absolute Gasteiger partial charge is 0.385 e. The van der Waals surface area contributed by atoms with Crippen LogP contribution < -0.4 is 5.32 Å².